The zero-order valence-electron chi connectivity index (χ0n) is 11.1. The summed E-state index contributed by atoms with van der Waals surface area (Å²) in [7, 11) is 0. The molecule has 0 saturated carbocycles. The molecule has 0 aliphatic carbocycles. The molecular formula is C13H18N6. The van der Waals surface area contributed by atoms with Crippen molar-refractivity contribution in [1.82, 2.24) is 15.0 Å². The van der Waals surface area contributed by atoms with Crippen LogP contribution in [0.4, 0.5) is 11.6 Å². The molecule has 2 rings (SSSR count). The Labute approximate surface area is 112 Å². The number of nitrogen functional groups attached to an aromatic ring is 1. The average molecular weight is 258 g/mol. The molecule has 0 bridgehead atoms. The molecule has 6 heteroatoms. The van der Waals surface area contributed by atoms with Crippen LogP contribution in [0.2, 0.25) is 0 Å². The smallest absolute Gasteiger partial charge is 0.145 e. The lowest BCUT2D eigenvalue weighted by atomic mass is 10.2. The molecule has 6 nitrogen and oxygen atoms in total. The third-order valence-electron chi connectivity index (χ3n) is 2.68. The van der Waals surface area contributed by atoms with Gasteiger partial charge in [0.25, 0.3) is 0 Å². The Morgan fingerprint density at radius 1 is 1.21 bits per heavy atom. The van der Waals surface area contributed by atoms with Crippen molar-refractivity contribution in [2.24, 2.45) is 5.84 Å². The molecule has 0 amide bonds. The number of aryl methyl sites for hydroxylation is 2. The average Bonchev–Trinajstić information content (AvgIpc) is 2.46. The van der Waals surface area contributed by atoms with Gasteiger partial charge in [0, 0.05) is 30.9 Å². The van der Waals surface area contributed by atoms with Crippen LogP contribution in [0.3, 0.4) is 0 Å². The fourth-order valence-corrected chi connectivity index (χ4v) is 1.62. The maximum absolute atomic E-state index is 5.39. The molecule has 0 aliphatic heterocycles. The monoisotopic (exact) mass is 258 g/mol. The van der Waals surface area contributed by atoms with Crippen molar-refractivity contribution in [3.05, 3.63) is 41.5 Å². The Morgan fingerprint density at radius 2 is 2.00 bits per heavy atom. The first kappa shape index (κ1) is 13.2. The molecule has 2 aromatic heterocycles. The van der Waals surface area contributed by atoms with Crippen molar-refractivity contribution < 1.29 is 0 Å². The fourth-order valence-electron chi connectivity index (χ4n) is 1.62. The Bertz CT molecular complexity index is 515. The van der Waals surface area contributed by atoms with E-state index < -0.39 is 0 Å². The summed E-state index contributed by atoms with van der Waals surface area (Å²) >= 11 is 0. The van der Waals surface area contributed by atoms with Gasteiger partial charge in [-0.1, -0.05) is 13.0 Å². The number of nitrogens with two attached hydrogens (primary N) is 1. The molecule has 0 saturated heterocycles. The quantitative estimate of drug-likeness (QED) is 0.558. The highest BCUT2D eigenvalue weighted by atomic mass is 15.3. The number of rotatable bonds is 5. The predicted octanol–water partition coefficient (Wildman–Crippen LogP) is 1.64. The second kappa shape index (κ2) is 6.10. The number of hydrazine groups is 1. The Balaban J connectivity index is 2.08. The van der Waals surface area contributed by atoms with Crippen LogP contribution in [0.25, 0.3) is 0 Å². The number of nitrogens with one attached hydrogen (secondary N) is 2. The molecule has 100 valence electrons. The van der Waals surface area contributed by atoms with E-state index in [9.17, 15) is 0 Å². The van der Waals surface area contributed by atoms with Crippen LogP contribution in [0.15, 0.2) is 24.4 Å². The third kappa shape index (κ3) is 3.62. The van der Waals surface area contributed by atoms with E-state index in [0.717, 1.165) is 29.3 Å². The maximum Gasteiger partial charge on any atom is 0.145 e. The van der Waals surface area contributed by atoms with E-state index >= 15 is 0 Å². The highest BCUT2D eigenvalue weighted by Gasteiger charge is 2.02. The van der Waals surface area contributed by atoms with Gasteiger partial charge >= 0.3 is 0 Å². The van der Waals surface area contributed by atoms with Gasteiger partial charge in [0.05, 0.1) is 0 Å². The topological polar surface area (TPSA) is 88.8 Å². The standard InChI is InChI=1S/C13H18N6/c1-3-11-17-12(6-13(18-11)19-14)16-8-10-5-4-9(2)15-7-10/h4-7H,3,8,14H2,1-2H3,(H2,16,17,18,19). The number of pyridine rings is 1. The minimum absolute atomic E-state index is 0.608. The summed E-state index contributed by atoms with van der Waals surface area (Å²) in [4.78, 5) is 12.9. The summed E-state index contributed by atoms with van der Waals surface area (Å²) in [6, 6.07) is 5.81. The molecular weight excluding hydrogens is 240 g/mol. The summed E-state index contributed by atoms with van der Waals surface area (Å²) < 4.78 is 0. The Hall–Kier alpha value is -2.21. The maximum atomic E-state index is 5.39. The van der Waals surface area contributed by atoms with Crippen molar-refractivity contribution in [2.75, 3.05) is 10.7 Å². The van der Waals surface area contributed by atoms with Crippen molar-refractivity contribution >= 4 is 11.6 Å². The van der Waals surface area contributed by atoms with Gasteiger partial charge in [-0.2, -0.15) is 0 Å². The summed E-state index contributed by atoms with van der Waals surface area (Å²) in [5.41, 5.74) is 4.65. The number of aromatic nitrogens is 3. The number of hydrogen-bond acceptors (Lipinski definition) is 6. The number of anilines is 2. The molecule has 0 unspecified atom stereocenters. The van der Waals surface area contributed by atoms with Gasteiger partial charge in [-0.15, -0.1) is 0 Å². The minimum atomic E-state index is 0.608. The van der Waals surface area contributed by atoms with Gasteiger partial charge in [-0.25, -0.2) is 15.8 Å². The molecule has 4 N–H and O–H groups in total. The van der Waals surface area contributed by atoms with E-state index in [2.05, 4.69) is 25.7 Å². The van der Waals surface area contributed by atoms with Crippen molar-refractivity contribution in [3.63, 3.8) is 0 Å². The van der Waals surface area contributed by atoms with Crippen LogP contribution in [-0.4, -0.2) is 15.0 Å². The summed E-state index contributed by atoms with van der Waals surface area (Å²) in [5, 5.41) is 3.24. The van der Waals surface area contributed by atoms with Crippen LogP contribution in [0.1, 0.15) is 24.0 Å². The second-order valence-corrected chi connectivity index (χ2v) is 4.21. The van der Waals surface area contributed by atoms with E-state index in [1.807, 2.05) is 32.2 Å². The molecule has 0 aliphatic rings. The van der Waals surface area contributed by atoms with Crippen LogP contribution >= 0.6 is 0 Å². The molecule has 19 heavy (non-hydrogen) atoms. The van der Waals surface area contributed by atoms with Gasteiger partial charge in [0.15, 0.2) is 0 Å². The highest BCUT2D eigenvalue weighted by Crippen LogP contribution is 2.12. The third-order valence-corrected chi connectivity index (χ3v) is 2.68. The normalized spacial score (nSPS) is 10.3. The van der Waals surface area contributed by atoms with E-state index in [1.165, 1.54) is 0 Å². The van der Waals surface area contributed by atoms with E-state index in [4.69, 9.17) is 5.84 Å². The summed E-state index contributed by atoms with van der Waals surface area (Å²) in [6.45, 7) is 4.63. The van der Waals surface area contributed by atoms with Crippen LogP contribution < -0.4 is 16.6 Å². The predicted molar refractivity (Wildman–Crippen MR) is 75.5 cm³/mol. The minimum Gasteiger partial charge on any atom is -0.366 e. The number of nitrogens with zero attached hydrogens (tertiary/aromatic N) is 3. The van der Waals surface area contributed by atoms with Crippen LogP contribution in [0, 0.1) is 6.92 Å². The van der Waals surface area contributed by atoms with Gasteiger partial charge < -0.3 is 10.7 Å². The number of hydrogen-bond donors (Lipinski definition) is 3. The van der Waals surface area contributed by atoms with Crippen molar-refractivity contribution in [1.29, 1.82) is 0 Å². The van der Waals surface area contributed by atoms with Gasteiger partial charge in [0.1, 0.15) is 17.5 Å². The Morgan fingerprint density at radius 3 is 2.63 bits per heavy atom. The highest BCUT2D eigenvalue weighted by molar-refractivity contribution is 5.47. The van der Waals surface area contributed by atoms with E-state index in [1.54, 1.807) is 6.07 Å². The molecule has 2 aromatic rings. The molecule has 0 radical (unpaired) electrons. The van der Waals surface area contributed by atoms with E-state index in [-0.39, 0.29) is 0 Å². The molecule has 2 heterocycles. The van der Waals surface area contributed by atoms with Gasteiger partial charge in [0.2, 0.25) is 0 Å². The first-order valence-electron chi connectivity index (χ1n) is 6.21. The van der Waals surface area contributed by atoms with Crippen molar-refractivity contribution in [3.8, 4) is 0 Å². The first-order chi connectivity index (χ1) is 9.21. The molecule has 0 aromatic carbocycles. The lowest BCUT2D eigenvalue weighted by Gasteiger charge is -2.09. The van der Waals surface area contributed by atoms with Gasteiger partial charge in [-0.3, -0.25) is 4.98 Å². The molecule has 0 spiro atoms. The van der Waals surface area contributed by atoms with Crippen LogP contribution in [0.5, 0.6) is 0 Å². The van der Waals surface area contributed by atoms with Gasteiger partial charge in [-0.05, 0) is 18.6 Å². The van der Waals surface area contributed by atoms with E-state index in [0.29, 0.717) is 12.4 Å². The molecule has 0 atom stereocenters. The lowest BCUT2D eigenvalue weighted by molar-refractivity contribution is 0.930. The summed E-state index contributed by atoms with van der Waals surface area (Å²) in [6.07, 6.45) is 2.61. The molecule has 0 fully saturated rings. The van der Waals surface area contributed by atoms with Crippen LogP contribution in [-0.2, 0) is 13.0 Å². The summed E-state index contributed by atoms with van der Waals surface area (Å²) in [5.74, 6) is 7.50. The second-order valence-electron chi connectivity index (χ2n) is 4.21. The first-order valence-corrected chi connectivity index (χ1v) is 6.21. The fraction of sp³-hybridized carbons (Fsp3) is 0.308. The lowest BCUT2D eigenvalue weighted by Crippen LogP contribution is -2.12. The Kier molecular flexibility index (Phi) is 4.25. The zero-order chi connectivity index (χ0) is 13.7. The largest absolute Gasteiger partial charge is 0.366 e. The SMILES string of the molecule is CCc1nc(NN)cc(NCc2ccc(C)nc2)n1. The van der Waals surface area contributed by atoms with Crippen molar-refractivity contribution in [2.45, 2.75) is 26.8 Å². The zero-order valence-corrected chi connectivity index (χ0v) is 11.1.